The van der Waals surface area contributed by atoms with Crippen molar-refractivity contribution in [1.29, 1.82) is 0 Å². The second-order valence-corrected chi connectivity index (χ2v) is 2.91. The molecule has 0 saturated carbocycles. The standard InChI is InChI=1S/C8H15NO4/c1-2-13-7-5-12-4-6(7)9-3-8(10)11/h6-7,9H,2-5H2,1H3,(H,10,11). The van der Waals surface area contributed by atoms with E-state index in [2.05, 4.69) is 5.32 Å². The lowest BCUT2D eigenvalue weighted by molar-refractivity contribution is -0.136. The van der Waals surface area contributed by atoms with Crippen molar-refractivity contribution < 1.29 is 19.4 Å². The van der Waals surface area contributed by atoms with Crippen molar-refractivity contribution in [3.8, 4) is 0 Å². The molecule has 13 heavy (non-hydrogen) atoms. The van der Waals surface area contributed by atoms with E-state index >= 15 is 0 Å². The summed E-state index contributed by atoms with van der Waals surface area (Å²) in [5, 5.41) is 11.3. The van der Waals surface area contributed by atoms with Crippen molar-refractivity contribution in [2.24, 2.45) is 0 Å². The lowest BCUT2D eigenvalue weighted by atomic mass is 10.2. The molecule has 1 rings (SSSR count). The van der Waals surface area contributed by atoms with Crippen LogP contribution in [0.1, 0.15) is 6.92 Å². The number of hydrogen-bond donors (Lipinski definition) is 2. The number of carbonyl (C=O) groups is 1. The van der Waals surface area contributed by atoms with Gasteiger partial charge in [0.05, 0.1) is 31.9 Å². The molecule has 1 fully saturated rings. The van der Waals surface area contributed by atoms with Gasteiger partial charge >= 0.3 is 5.97 Å². The van der Waals surface area contributed by atoms with Crippen LogP contribution < -0.4 is 5.32 Å². The van der Waals surface area contributed by atoms with Gasteiger partial charge in [-0.3, -0.25) is 10.1 Å². The van der Waals surface area contributed by atoms with Crippen LogP contribution in [0.15, 0.2) is 0 Å². The monoisotopic (exact) mass is 189 g/mol. The molecule has 0 bridgehead atoms. The van der Waals surface area contributed by atoms with Gasteiger partial charge in [0.2, 0.25) is 0 Å². The second-order valence-electron chi connectivity index (χ2n) is 2.91. The predicted octanol–water partition coefficient (Wildman–Crippen LogP) is -0.535. The minimum Gasteiger partial charge on any atom is -0.480 e. The zero-order valence-corrected chi connectivity index (χ0v) is 7.66. The van der Waals surface area contributed by atoms with Crippen molar-refractivity contribution >= 4 is 5.97 Å². The normalized spacial score (nSPS) is 27.8. The second kappa shape index (κ2) is 5.16. The molecule has 1 aliphatic heterocycles. The van der Waals surface area contributed by atoms with E-state index in [9.17, 15) is 4.79 Å². The minimum absolute atomic E-state index is 0.00986. The van der Waals surface area contributed by atoms with E-state index < -0.39 is 5.97 Å². The fourth-order valence-corrected chi connectivity index (χ4v) is 1.32. The van der Waals surface area contributed by atoms with Crippen LogP contribution in [-0.4, -0.2) is 49.6 Å². The van der Waals surface area contributed by atoms with Gasteiger partial charge in [0.15, 0.2) is 0 Å². The van der Waals surface area contributed by atoms with Crippen LogP contribution in [0.4, 0.5) is 0 Å². The highest BCUT2D eigenvalue weighted by molar-refractivity contribution is 5.69. The van der Waals surface area contributed by atoms with E-state index in [1.54, 1.807) is 0 Å². The molecule has 1 aliphatic rings. The lowest BCUT2D eigenvalue weighted by Gasteiger charge is -2.17. The highest BCUT2D eigenvalue weighted by atomic mass is 16.5. The molecule has 2 unspecified atom stereocenters. The van der Waals surface area contributed by atoms with Crippen molar-refractivity contribution in [2.75, 3.05) is 26.4 Å². The van der Waals surface area contributed by atoms with E-state index in [-0.39, 0.29) is 18.7 Å². The molecular weight excluding hydrogens is 174 g/mol. The van der Waals surface area contributed by atoms with Crippen LogP contribution in [0, 0.1) is 0 Å². The molecule has 0 aliphatic carbocycles. The summed E-state index contributed by atoms with van der Waals surface area (Å²) in [6, 6.07) is 0.0102. The Morgan fingerprint density at radius 1 is 1.69 bits per heavy atom. The molecule has 5 nitrogen and oxygen atoms in total. The number of ether oxygens (including phenoxy) is 2. The SMILES string of the molecule is CCOC1COCC1NCC(=O)O. The minimum atomic E-state index is -0.859. The maximum atomic E-state index is 10.3. The average molecular weight is 189 g/mol. The summed E-state index contributed by atoms with van der Waals surface area (Å²) in [5.41, 5.74) is 0. The summed E-state index contributed by atoms with van der Waals surface area (Å²) in [7, 11) is 0. The van der Waals surface area contributed by atoms with Gasteiger partial charge < -0.3 is 14.6 Å². The van der Waals surface area contributed by atoms with E-state index in [4.69, 9.17) is 14.6 Å². The van der Waals surface area contributed by atoms with Gasteiger partial charge in [-0.2, -0.15) is 0 Å². The molecule has 2 atom stereocenters. The van der Waals surface area contributed by atoms with E-state index in [0.717, 1.165) is 0 Å². The largest absolute Gasteiger partial charge is 0.480 e. The number of aliphatic carboxylic acids is 1. The maximum absolute atomic E-state index is 10.3. The molecule has 0 spiro atoms. The maximum Gasteiger partial charge on any atom is 0.317 e. The Morgan fingerprint density at radius 3 is 3.08 bits per heavy atom. The summed E-state index contributed by atoms with van der Waals surface area (Å²) in [4.78, 5) is 10.3. The summed E-state index contributed by atoms with van der Waals surface area (Å²) in [5.74, 6) is -0.859. The van der Waals surface area contributed by atoms with Gasteiger partial charge in [-0.1, -0.05) is 0 Å². The third-order valence-corrected chi connectivity index (χ3v) is 1.92. The molecule has 0 amide bonds. The number of rotatable bonds is 5. The number of hydrogen-bond acceptors (Lipinski definition) is 4. The first-order chi connectivity index (χ1) is 6.24. The van der Waals surface area contributed by atoms with Gasteiger partial charge in [-0.05, 0) is 6.92 Å². The number of nitrogens with one attached hydrogen (secondary N) is 1. The van der Waals surface area contributed by atoms with Crippen molar-refractivity contribution in [3.05, 3.63) is 0 Å². The fraction of sp³-hybridized carbons (Fsp3) is 0.875. The fourth-order valence-electron chi connectivity index (χ4n) is 1.32. The molecule has 76 valence electrons. The van der Waals surface area contributed by atoms with Gasteiger partial charge in [0.25, 0.3) is 0 Å². The summed E-state index contributed by atoms with van der Waals surface area (Å²) >= 11 is 0. The van der Waals surface area contributed by atoms with Crippen molar-refractivity contribution in [2.45, 2.75) is 19.1 Å². The van der Waals surface area contributed by atoms with E-state index in [0.29, 0.717) is 19.8 Å². The predicted molar refractivity (Wildman–Crippen MR) is 45.7 cm³/mol. The zero-order chi connectivity index (χ0) is 9.68. The van der Waals surface area contributed by atoms with Crippen LogP contribution in [0.3, 0.4) is 0 Å². The van der Waals surface area contributed by atoms with Crippen molar-refractivity contribution in [3.63, 3.8) is 0 Å². The number of carboxylic acid groups (broad SMARTS) is 1. The third-order valence-electron chi connectivity index (χ3n) is 1.92. The van der Waals surface area contributed by atoms with E-state index in [1.807, 2.05) is 6.92 Å². The van der Waals surface area contributed by atoms with Gasteiger partial charge in [0.1, 0.15) is 0 Å². The Kier molecular flexibility index (Phi) is 4.14. The molecule has 5 heteroatoms. The van der Waals surface area contributed by atoms with Crippen LogP contribution in [0.25, 0.3) is 0 Å². The highest BCUT2D eigenvalue weighted by Gasteiger charge is 2.28. The Labute approximate surface area is 77.0 Å². The van der Waals surface area contributed by atoms with Gasteiger partial charge in [0, 0.05) is 6.61 Å². The molecule has 1 saturated heterocycles. The quantitative estimate of drug-likeness (QED) is 0.608. The highest BCUT2D eigenvalue weighted by Crippen LogP contribution is 2.09. The molecule has 2 N–H and O–H groups in total. The molecular formula is C8H15NO4. The Bertz CT molecular complexity index is 174. The Morgan fingerprint density at radius 2 is 2.46 bits per heavy atom. The molecule has 0 aromatic rings. The topological polar surface area (TPSA) is 67.8 Å². The smallest absolute Gasteiger partial charge is 0.317 e. The molecule has 0 radical (unpaired) electrons. The van der Waals surface area contributed by atoms with Gasteiger partial charge in [-0.25, -0.2) is 0 Å². The first-order valence-corrected chi connectivity index (χ1v) is 4.38. The summed E-state index contributed by atoms with van der Waals surface area (Å²) < 4.78 is 10.5. The third kappa shape index (κ3) is 3.30. The Hall–Kier alpha value is -0.650. The van der Waals surface area contributed by atoms with Crippen LogP contribution >= 0.6 is 0 Å². The van der Waals surface area contributed by atoms with E-state index in [1.165, 1.54) is 0 Å². The first-order valence-electron chi connectivity index (χ1n) is 4.38. The average Bonchev–Trinajstić information content (AvgIpc) is 2.49. The Balaban J connectivity index is 2.26. The van der Waals surface area contributed by atoms with Crippen LogP contribution in [-0.2, 0) is 14.3 Å². The zero-order valence-electron chi connectivity index (χ0n) is 7.66. The van der Waals surface area contributed by atoms with Crippen LogP contribution in [0.2, 0.25) is 0 Å². The summed E-state index contributed by atoms with van der Waals surface area (Å²) in [6.07, 6.45) is -0.00986. The molecule has 1 heterocycles. The van der Waals surface area contributed by atoms with Crippen LogP contribution in [0.5, 0.6) is 0 Å². The summed E-state index contributed by atoms with van der Waals surface area (Å²) in [6.45, 7) is 3.56. The number of carboxylic acids is 1. The first kappa shape index (κ1) is 10.4. The molecule has 0 aromatic carbocycles. The lowest BCUT2D eigenvalue weighted by Crippen LogP contribution is -2.42. The van der Waals surface area contributed by atoms with Crippen molar-refractivity contribution in [1.82, 2.24) is 5.32 Å². The van der Waals surface area contributed by atoms with Gasteiger partial charge in [-0.15, -0.1) is 0 Å². The molecule has 0 aromatic heterocycles.